The van der Waals surface area contributed by atoms with Crippen molar-refractivity contribution >= 4 is 34.9 Å². The summed E-state index contributed by atoms with van der Waals surface area (Å²) in [5.41, 5.74) is 0.541. The Labute approximate surface area is 138 Å². The van der Waals surface area contributed by atoms with Gasteiger partial charge in [-0.25, -0.2) is 14.2 Å². The summed E-state index contributed by atoms with van der Waals surface area (Å²) < 4.78 is 18.3. The van der Waals surface area contributed by atoms with Gasteiger partial charge in [-0.05, 0) is 51.1 Å². The third kappa shape index (κ3) is 5.41. The molecule has 0 aliphatic rings. The van der Waals surface area contributed by atoms with Crippen molar-refractivity contribution in [2.75, 3.05) is 10.6 Å². The lowest BCUT2D eigenvalue weighted by Gasteiger charge is -2.19. The highest BCUT2D eigenvalue weighted by Gasteiger charge is 2.16. The van der Waals surface area contributed by atoms with Crippen LogP contribution >= 0.6 is 11.6 Å². The molecule has 23 heavy (non-hydrogen) atoms. The minimum atomic E-state index is -0.569. The van der Waals surface area contributed by atoms with Crippen LogP contribution in [0.2, 0.25) is 5.02 Å². The normalized spacial score (nSPS) is 11.0. The van der Waals surface area contributed by atoms with E-state index in [1.807, 2.05) is 0 Å². The molecule has 7 heteroatoms. The number of hydrogen-bond donors (Lipinski definition) is 2. The maximum Gasteiger partial charge on any atom is 0.412 e. The van der Waals surface area contributed by atoms with Gasteiger partial charge in [-0.2, -0.15) is 0 Å². The SMILES string of the molecule is CC(C)(C)OC(=O)Nc1ccc(Nc2ccc(F)c(Cl)c2)nc1. The number of ether oxygens (including phenoxy) is 1. The van der Waals surface area contributed by atoms with Gasteiger partial charge < -0.3 is 10.1 Å². The van der Waals surface area contributed by atoms with Gasteiger partial charge in [0.15, 0.2) is 0 Å². The largest absolute Gasteiger partial charge is 0.444 e. The molecule has 2 rings (SSSR count). The number of aromatic nitrogens is 1. The average molecular weight is 338 g/mol. The lowest BCUT2D eigenvalue weighted by molar-refractivity contribution is 0.0636. The van der Waals surface area contributed by atoms with Crippen LogP contribution in [0.1, 0.15) is 20.8 Å². The molecule has 2 N–H and O–H groups in total. The standard InChI is InChI=1S/C16H17ClFN3O2/c1-16(2,3)23-15(22)21-11-5-7-14(19-9-11)20-10-4-6-13(18)12(17)8-10/h4-9H,1-3H3,(H,19,20)(H,21,22). The number of pyridine rings is 1. The van der Waals surface area contributed by atoms with E-state index >= 15 is 0 Å². The Bertz CT molecular complexity index is 699. The molecule has 0 spiro atoms. The van der Waals surface area contributed by atoms with Crippen LogP contribution in [0.3, 0.4) is 0 Å². The average Bonchev–Trinajstić information content (AvgIpc) is 2.43. The number of carbonyl (C=O) groups excluding carboxylic acids is 1. The van der Waals surface area contributed by atoms with Crippen molar-refractivity contribution in [2.45, 2.75) is 26.4 Å². The molecule has 0 fully saturated rings. The van der Waals surface area contributed by atoms with Crippen molar-refractivity contribution in [3.63, 3.8) is 0 Å². The molecule has 0 radical (unpaired) electrons. The second-order valence-electron chi connectivity index (χ2n) is 5.81. The monoisotopic (exact) mass is 337 g/mol. The first-order chi connectivity index (χ1) is 10.7. The molecule has 0 saturated carbocycles. The number of hydrogen-bond acceptors (Lipinski definition) is 4. The van der Waals surface area contributed by atoms with Crippen LogP contribution in [0.15, 0.2) is 36.5 Å². The van der Waals surface area contributed by atoms with Gasteiger partial charge in [0.25, 0.3) is 0 Å². The lowest BCUT2D eigenvalue weighted by Crippen LogP contribution is -2.27. The summed E-state index contributed by atoms with van der Waals surface area (Å²) in [6.45, 7) is 5.35. The molecular formula is C16H17ClFN3O2. The van der Waals surface area contributed by atoms with Crippen molar-refractivity contribution in [1.82, 2.24) is 4.98 Å². The Hall–Kier alpha value is -2.34. The maximum absolute atomic E-state index is 13.1. The van der Waals surface area contributed by atoms with Crippen LogP contribution in [0.5, 0.6) is 0 Å². The Balaban J connectivity index is 1.99. The Morgan fingerprint density at radius 1 is 1.22 bits per heavy atom. The van der Waals surface area contributed by atoms with Gasteiger partial charge in [0.2, 0.25) is 0 Å². The molecule has 2 aromatic rings. The van der Waals surface area contributed by atoms with Crippen LogP contribution in [-0.4, -0.2) is 16.7 Å². The van der Waals surface area contributed by atoms with Crippen LogP contribution in [0, 0.1) is 5.82 Å². The number of nitrogens with one attached hydrogen (secondary N) is 2. The van der Waals surface area contributed by atoms with Crippen LogP contribution in [0.25, 0.3) is 0 Å². The van der Waals surface area contributed by atoms with Gasteiger partial charge in [0, 0.05) is 5.69 Å². The second kappa shape index (κ2) is 6.83. The summed E-state index contributed by atoms with van der Waals surface area (Å²) in [5.74, 6) is 0.0458. The number of amides is 1. The fourth-order valence-corrected chi connectivity index (χ4v) is 1.87. The van der Waals surface area contributed by atoms with Crippen LogP contribution in [-0.2, 0) is 4.74 Å². The summed E-state index contributed by atoms with van der Waals surface area (Å²) >= 11 is 5.72. The van der Waals surface area contributed by atoms with Crippen molar-refractivity contribution in [2.24, 2.45) is 0 Å². The predicted molar refractivity (Wildman–Crippen MR) is 88.8 cm³/mol. The number of nitrogens with zero attached hydrogens (tertiary/aromatic N) is 1. The fourth-order valence-electron chi connectivity index (χ4n) is 1.68. The van der Waals surface area contributed by atoms with Gasteiger partial charge in [-0.15, -0.1) is 0 Å². The molecule has 0 atom stereocenters. The van der Waals surface area contributed by atoms with Gasteiger partial charge in [-0.3, -0.25) is 5.32 Å². The maximum atomic E-state index is 13.1. The molecular weight excluding hydrogens is 321 g/mol. The fraction of sp³-hybridized carbons (Fsp3) is 0.250. The van der Waals surface area contributed by atoms with E-state index in [1.165, 1.54) is 18.3 Å². The van der Waals surface area contributed by atoms with E-state index in [4.69, 9.17) is 16.3 Å². The topological polar surface area (TPSA) is 63.2 Å². The Morgan fingerprint density at radius 3 is 2.48 bits per heavy atom. The zero-order valence-corrected chi connectivity index (χ0v) is 13.7. The molecule has 5 nitrogen and oxygen atoms in total. The predicted octanol–water partition coefficient (Wildman–Crippen LogP) is 4.96. The van der Waals surface area contributed by atoms with E-state index in [1.54, 1.807) is 39.0 Å². The summed E-state index contributed by atoms with van der Waals surface area (Å²) in [4.78, 5) is 15.8. The van der Waals surface area contributed by atoms with Crippen molar-refractivity contribution in [3.05, 3.63) is 47.4 Å². The first-order valence-corrected chi connectivity index (χ1v) is 7.29. The van der Waals surface area contributed by atoms with E-state index in [-0.39, 0.29) is 5.02 Å². The first kappa shape index (κ1) is 17.0. The summed E-state index contributed by atoms with van der Waals surface area (Å²) in [5, 5.41) is 5.59. The molecule has 0 aliphatic heterocycles. The van der Waals surface area contributed by atoms with Gasteiger partial charge in [0.1, 0.15) is 17.2 Å². The molecule has 1 heterocycles. The molecule has 122 valence electrons. The lowest BCUT2D eigenvalue weighted by atomic mass is 10.2. The van der Waals surface area contributed by atoms with E-state index in [9.17, 15) is 9.18 Å². The smallest absolute Gasteiger partial charge is 0.412 e. The first-order valence-electron chi connectivity index (χ1n) is 6.91. The zero-order chi connectivity index (χ0) is 17.0. The molecule has 0 bridgehead atoms. The summed E-state index contributed by atoms with van der Waals surface area (Å²) in [7, 11) is 0. The van der Waals surface area contributed by atoms with Crippen molar-refractivity contribution in [1.29, 1.82) is 0 Å². The van der Waals surface area contributed by atoms with Gasteiger partial charge in [-0.1, -0.05) is 11.6 Å². The third-order valence-electron chi connectivity index (χ3n) is 2.60. The zero-order valence-electron chi connectivity index (χ0n) is 13.0. The van der Waals surface area contributed by atoms with Crippen molar-refractivity contribution in [3.8, 4) is 0 Å². The minimum absolute atomic E-state index is 0.0261. The molecule has 0 unspecified atom stereocenters. The molecule has 1 amide bonds. The number of anilines is 3. The molecule has 1 aromatic heterocycles. The molecule has 0 saturated heterocycles. The van der Waals surface area contributed by atoms with E-state index < -0.39 is 17.5 Å². The summed E-state index contributed by atoms with van der Waals surface area (Å²) in [6, 6.07) is 7.62. The highest BCUT2D eigenvalue weighted by atomic mass is 35.5. The Kier molecular flexibility index (Phi) is 5.05. The highest BCUT2D eigenvalue weighted by molar-refractivity contribution is 6.31. The number of halogens is 2. The summed E-state index contributed by atoms with van der Waals surface area (Å²) in [6.07, 6.45) is 0.933. The third-order valence-corrected chi connectivity index (χ3v) is 2.89. The number of carbonyl (C=O) groups is 1. The van der Waals surface area contributed by atoms with E-state index in [0.717, 1.165) is 0 Å². The number of rotatable bonds is 3. The van der Waals surface area contributed by atoms with Crippen molar-refractivity contribution < 1.29 is 13.9 Å². The number of benzene rings is 1. The Morgan fingerprint density at radius 2 is 1.91 bits per heavy atom. The van der Waals surface area contributed by atoms with Crippen LogP contribution in [0.4, 0.5) is 26.4 Å². The molecule has 1 aromatic carbocycles. The van der Waals surface area contributed by atoms with Gasteiger partial charge in [0.05, 0.1) is 16.9 Å². The van der Waals surface area contributed by atoms with E-state index in [2.05, 4.69) is 15.6 Å². The van der Waals surface area contributed by atoms with E-state index in [0.29, 0.717) is 17.2 Å². The van der Waals surface area contributed by atoms with Crippen LogP contribution < -0.4 is 10.6 Å². The quantitative estimate of drug-likeness (QED) is 0.830. The highest BCUT2D eigenvalue weighted by Crippen LogP contribution is 2.22. The second-order valence-corrected chi connectivity index (χ2v) is 6.22. The van der Waals surface area contributed by atoms with Gasteiger partial charge >= 0.3 is 6.09 Å². The minimum Gasteiger partial charge on any atom is -0.444 e. The molecule has 0 aliphatic carbocycles.